The molecule has 0 bridgehead atoms. The van der Waals surface area contributed by atoms with E-state index in [0.29, 0.717) is 23.7 Å². The molecule has 2 N–H and O–H groups in total. The predicted octanol–water partition coefficient (Wildman–Crippen LogP) is 5.14. The Labute approximate surface area is 197 Å². The molecule has 0 unspecified atom stereocenters. The molecule has 0 radical (unpaired) electrons. The Balaban J connectivity index is 1.20. The fourth-order valence-corrected chi connectivity index (χ4v) is 5.45. The van der Waals surface area contributed by atoms with Gasteiger partial charge in [0.05, 0.1) is 11.6 Å². The molecule has 2 aromatic carbocycles. The number of H-pyrrole nitrogens is 1. The highest BCUT2D eigenvalue weighted by atomic mass is 15.2. The summed E-state index contributed by atoms with van der Waals surface area (Å²) in [5.74, 6) is 0. The number of fused-ring (bicyclic) bond motifs is 1. The number of aromatic amines is 1. The molecule has 0 spiro atoms. The molecule has 3 aromatic rings. The number of anilines is 1. The van der Waals surface area contributed by atoms with Gasteiger partial charge in [-0.3, -0.25) is 0 Å². The zero-order valence-corrected chi connectivity index (χ0v) is 19.8. The van der Waals surface area contributed by atoms with Gasteiger partial charge in [-0.2, -0.15) is 5.26 Å². The van der Waals surface area contributed by atoms with Crippen LogP contribution in [0.3, 0.4) is 0 Å². The summed E-state index contributed by atoms with van der Waals surface area (Å²) in [7, 11) is 0. The third kappa shape index (κ3) is 4.93. The van der Waals surface area contributed by atoms with Gasteiger partial charge in [-0.1, -0.05) is 12.1 Å². The Hall–Kier alpha value is -2.81. The second-order valence-electron chi connectivity index (χ2n) is 9.98. The average Bonchev–Trinajstić information content (AvgIpc) is 3.28. The van der Waals surface area contributed by atoms with Gasteiger partial charge >= 0.3 is 0 Å². The predicted molar refractivity (Wildman–Crippen MR) is 137 cm³/mol. The average molecular weight is 442 g/mol. The number of piperidine rings is 2. The summed E-state index contributed by atoms with van der Waals surface area (Å²) in [6.45, 7) is 9.27. The van der Waals surface area contributed by atoms with E-state index in [1.165, 1.54) is 50.0 Å². The number of nitrogens with zero attached hydrogens (tertiary/aromatic N) is 3. The highest BCUT2D eigenvalue weighted by Crippen LogP contribution is 2.29. The van der Waals surface area contributed by atoms with E-state index in [-0.39, 0.29) is 0 Å². The molecular formula is C28H35N5. The first kappa shape index (κ1) is 22.0. The molecule has 5 heteroatoms. The van der Waals surface area contributed by atoms with Crippen LogP contribution in [0.1, 0.15) is 45.1 Å². The lowest BCUT2D eigenvalue weighted by Gasteiger charge is -2.39. The van der Waals surface area contributed by atoms with Crippen molar-refractivity contribution < 1.29 is 0 Å². The van der Waals surface area contributed by atoms with Crippen molar-refractivity contribution in [2.45, 2.75) is 57.7 Å². The van der Waals surface area contributed by atoms with Gasteiger partial charge in [0.25, 0.3) is 0 Å². The van der Waals surface area contributed by atoms with Gasteiger partial charge in [-0.05, 0) is 94.6 Å². The molecule has 2 saturated heterocycles. The van der Waals surface area contributed by atoms with E-state index in [4.69, 9.17) is 0 Å². The Morgan fingerprint density at radius 1 is 0.939 bits per heavy atom. The summed E-state index contributed by atoms with van der Waals surface area (Å²) in [5.41, 5.74) is 5.36. The lowest BCUT2D eigenvalue weighted by molar-refractivity contribution is 0.154. The van der Waals surface area contributed by atoms with Crippen molar-refractivity contribution >= 4 is 16.6 Å². The number of nitriles is 1. The molecule has 2 aliphatic heterocycles. The minimum Gasteiger partial charge on any atom is -0.371 e. The summed E-state index contributed by atoms with van der Waals surface area (Å²) in [6.07, 6.45) is 4.97. The maximum atomic E-state index is 9.17. The summed E-state index contributed by atoms with van der Waals surface area (Å²) in [4.78, 5) is 8.64. The van der Waals surface area contributed by atoms with E-state index >= 15 is 0 Å². The Kier molecular flexibility index (Phi) is 6.39. The van der Waals surface area contributed by atoms with E-state index in [1.807, 2.05) is 18.2 Å². The summed E-state index contributed by atoms with van der Waals surface area (Å²) >= 11 is 0. The van der Waals surface area contributed by atoms with Gasteiger partial charge < -0.3 is 20.1 Å². The normalized spacial score (nSPS) is 18.8. The standard InChI is InChI=1S/C28H35N5/c1-20(2)32-12-8-24(9-13-32)30-25-10-14-33(15-11-25)26-5-3-4-22(17-26)28-18-23-16-21(19-29)6-7-27(23)31-28/h3-7,16-18,20,24-25,30-31H,8-15H2,1-2H3. The molecule has 0 atom stereocenters. The topological polar surface area (TPSA) is 58.1 Å². The fourth-order valence-electron chi connectivity index (χ4n) is 5.45. The van der Waals surface area contributed by atoms with E-state index in [2.05, 4.69) is 70.3 Å². The number of hydrogen-bond donors (Lipinski definition) is 2. The second-order valence-corrected chi connectivity index (χ2v) is 9.98. The molecule has 172 valence electrons. The second kappa shape index (κ2) is 9.59. The molecule has 33 heavy (non-hydrogen) atoms. The molecule has 0 saturated carbocycles. The van der Waals surface area contributed by atoms with E-state index in [0.717, 1.165) is 29.7 Å². The zero-order chi connectivity index (χ0) is 22.8. The van der Waals surface area contributed by atoms with Crippen LogP contribution >= 0.6 is 0 Å². The van der Waals surface area contributed by atoms with Gasteiger partial charge in [-0.15, -0.1) is 0 Å². The molecule has 3 heterocycles. The molecule has 0 aliphatic carbocycles. The van der Waals surface area contributed by atoms with Crippen molar-refractivity contribution in [3.8, 4) is 17.3 Å². The smallest absolute Gasteiger partial charge is 0.0991 e. The summed E-state index contributed by atoms with van der Waals surface area (Å²) in [6, 6.07) is 21.0. The molecule has 0 amide bonds. The first-order valence-corrected chi connectivity index (χ1v) is 12.5. The van der Waals surface area contributed by atoms with Gasteiger partial charge in [0.15, 0.2) is 0 Å². The van der Waals surface area contributed by atoms with E-state index in [1.54, 1.807) is 0 Å². The van der Waals surface area contributed by atoms with Crippen LogP contribution in [0.25, 0.3) is 22.2 Å². The quantitative estimate of drug-likeness (QED) is 0.576. The van der Waals surface area contributed by atoms with Crippen LogP contribution in [0, 0.1) is 11.3 Å². The Morgan fingerprint density at radius 2 is 1.67 bits per heavy atom. The Bertz CT molecular complexity index is 1120. The molecule has 2 fully saturated rings. The van der Waals surface area contributed by atoms with E-state index in [9.17, 15) is 5.26 Å². The maximum absolute atomic E-state index is 9.17. The largest absolute Gasteiger partial charge is 0.371 e. The minimum absolute atomic E-state index is 0.642. The molecule has 5 rings (SSSR count). The van der Waals surface area contributed by atoms with Crippen LogP contribution < -0.4 is 10.2 Å². The van der Waals surface area contributed by atoms with Crippen molar-refractivity contribution in [3.63, 3.8) is 0 Å². The highest BCUT2D eigenvalue weighted by molar-refractivity contribution is 5.87. The first-order valence-electron chi connectivity index (χ1n) is 12.5. The van der Waals surface area contributed by atoms with Gasteiger partial charge in [0.1, 0.15) is 0 Å². The van der Waals surface area contributed by atoms with Gasteiger partial charge in [0.2, 0.25) is 0 Å². The third-order valence-corrected chi connectivity index (χ3v) is 7.50. The van der Waals surface area contributed by atoms with Crippen LogP contribution in [0.15, 0.2) is 48.5 Å². The minimum atomic E-state index is 0.642. The molecule has 2 aliphatic rings. The number of hydrogen-bond acceptors (Lipinski definition) is 4. The lowest BCUT2D eigenvalue weighted by atomic mass is 9.98. The first-order chi connectivity index (χ1) is 16.1. The van der Waals surface area contributed by atoms with Crippen LogP contribution in [0.4, 0.5) is 5.69 Å². The van der Waals surface area contributed by atoms with Crippen LogP contribution in [0.2, 0.25) is 0 Å². The summed E-state index contributed by atoms with van der Waals surface area (Å²) < 4.78 is 0. The molecule has 5 nitrogen and oxygen atoms in total. The zero-order valence-electron chi connectivity index (χ0n) is 19.8. The van der Waals surface area contributed by atoms with Gasteiger partial charge in [0, 0.05) is 53.5 Å². The van der Waals surface area contributed by atoms with Crippen molar-refractivity contribution in [2.75, 3.05) is 31.1 Å². The number of aromatic nitrogens is 1. The maximum Gasteiger partial charge on any atom is 0.0991 e. The number of benzene rings is 2. The highest BCUT2D eigenvalue weighted by Gasteiger charge is 2.25. The van der Waals surface area contributed by atoms with Crippen molar-refractivity contribution in [2.24, 2.45) is 0 Å². The number of rotatable bonds is 5. The van der Waals surface area contributed by atoms with Crippen LogP contribution in [-0.2, 0) is 0 Å². The number of nitrogens with one attached hydrogen (secondary N) is 2. The number of likely N-dealkylation sites (tertiary alicyclic amines) is 1. The van der Waals surface area contributed by atoms with Crippen molar-refractivity contribution in [1.29, 1.82) is 5.26 Å². The van der Waals surface area contributed by atoms with Crippen LogP contribution in [0.5, 0.6) is 0 Å². The van der Waals surface area contributed by atoms with Gasteiger partial charge in [-0.25, -0.2) is 0 Å². The SMILES string of the molecule is CC(C)N1CCC(NC2CCN(c3cccc(-c4cc5cc(C#N)ccc5[nH]4)c3)CC2)CC1. The summed E-state index contributed by atoms with van der Waals surface area (Å²) in [5, 5.41) is 14.2. The van der Waals surface area contributed by atoms with Crippen LogP contribution in [-0.4, -0.2) is 54.2 Å². The third-order valence-electron chi connectivity index (χ3n) is 7.50. The van der Waals surface area contributed by atoms with Crippen molar-refractivity contribution in [1.82, 2.24) is 15.2 Å². The fraction of sp³-hybridized carbons (Fsp3) is 0.464. The van der Waals surface area contributed by atoms with E-state index < -0.39 is 0 Å². The van der Waals surface area contributed by atoms with Crippen molar-refractivity contribution in [3.05, 3.63) is 54.1 Å². The molecular weight excluding hydrogens is 406 g/mol. The lowest BCUT2D eigenvalue weighted by Crippen LogP contribution is -2.50. The monoisotopic (exact) mass is 441 g/mol. The molecule has 1 aromatic heterocycles. The Morgan fingerprint density at radius 3 is 2.36 bits per heavy atom.